The Labute approximate surface area is 105 Å². The summed E-state index contributed by atoms with van der Waals surface area (Å²) < 4.78 is 0. The van der Waals surface area contributed by atoms with E-state index in [4.69, 9.17) is 0 Å². The SMILES string of the molecule is CCSc1ccccc1NCc1ccsc1. The van der Waals surface area contributed by atoms with Crippen LogP contribution in [0.25, 0.3) is 0 Å². The van der Waals surface area contributed by atoms with Crippen molar-refractivity contribution >= 4 is 28.8 Å². The summed E-state index contributed by atoms with van der Waals surface area (Å²) in [6.45, 7) is 3.09. The van der Waals surface area contributed by atoms with E-state index >= 15 is 0 Å². The molecule has 0 fully saturated rings. The van der Waals surface area contributed by atoms with Crippen molar-refractivity contribution in [3.05, 3.63) is 46.7 Å². The Bertz CT molecular complexity index is 423. The Morgan fingerprint density at radius 2 is 2.12 bits per heavy atom. The molecule has 16 heavy (non-hydrogen) atoms. The number of hydrogen-bond donors (Lipinski definition) is 1. The Balaban J connectivity index is 2.03. The van der Waals surface area contributed by atoms with Crippen LogP contribution in [0.1, 0.15) is 12.5 Å². The largest absolute Gasteiger partial charge is 0.380 e. The molecule has 84 valence electrons. The Kier molecular flexibility index (Phi) is 4.31. The fourth-order valence-corrected chi connectivity index (χ4v) is 2.93. The van der Waals surface area contributed by atoms with Crippen LogP contribution < -0.4 is 5.32 Å². The van der Waals surface area contributed by atoms with Gasteiger partial charge in [0.25, 0.3) is 0 Å². The first-order valence-corrected chi connectivity index (χ1v) is 7.29. The lowest BCUT2D eigenvalue weighted by Gasteiger charge is -2.10. The fraction of sp³-hybridized carbons (Fsp3) is 0.231. The zero-order valence-corrected chi connectivity index (χ0v) is 10.9. The predicted molar refractivity (Wildman–Crippen MR) is 74.5 cm³/mol. The molecule has 0 bridgehead atoms. The molecular formula is C13H15NS2. The van der Waals surface area contributed by atoms with Gasteiger partial charge in [-0.15, -0.1) is 11.8 Å². The quantitative estimate of drug-likeness (QED) is 0.785. The second kappa shape index (κ2) is 5.97. The van der Waals surface area contributed by atoms with Crippen molar-refractivity contribution in [1.82, 2.24) is 0 Å². The first-order valence-electron chi connectivity index (χ1n) is 5.37. The third-order valence-corrected chi connectivity index (χ3v) is 3.94. The Morgan fingerprint density at radius 1 is 1.25 bits per heavy atom. The van der Waals surface area contributed by atoms with Gasteiger partial charge in [-0.2, -0.15) is 11.3 Å². The lowest BCUT2D eigenvalue weighted by atomic mass is 10.3. The highest BCUT2D eigenvalue weighted by Crippen LogP contribution is 2.27. The third kappa shape index (κ3) is 3.03. The minimum absolute atomic E-state index is 0.908. The van der Waals surface area contributed by atoms with Gasteiger partial charge < -0.3 is 5.32 Å². The average Bonchev–Trinajstić information content (AvgIpc) is 2.81. The van der Waals surface area contributed by atoms with Gasteiger partial charge in [-0.05, 0) is 40.3 Å². The van der Waals surface area contributed by atoms with E-state index in [0.717, 1.165) is 12.3 Å². The van der Waals surface area contributed by atoms with Crippen LogP contribution in [0.2, 0.25) is 0 Å². The molecule has 0 unspecified atom stereocenters. The molecule has 0 spiro atoms. The number of thioether (sulfide) groups is 1. The summed E-state index contributed by atoms with van der Waals surface area (Å²) in [7, 11) is 0. The molecule has 0 radical (unpaired) electrons. The maximum atomic E-state index is 3.49. The Hall–Kier alpha value is -0.930. The fourth-order valence-electron chi connectivity index (χ4n) is 1.48. The smallest absolute Gasteiger partial charge is 0.0481 e. The van der Waals surface area contributed by atoms with E-state index in [2.05, 4.69) is 53.3 Å². The second-order valence-corrected chi connectivity index (χ2v) is 5.50. The lowest BCUT2D eigenvalue weighted by molar-refractivity contribution is 1.14. The molecule has 0 amide bonds. The van der Waals surface area contributed by atoms with Crippen molar-refractivity contribution in [3.63, 3.8) is 0 Å². The number of hydrogen-bond acceptors (Lipinski definition) is 3. The van der Waals surface area contributed by atoms with Crippen LogP contribution in [0.5, 0.6) is 0 Å². The maximum absolute atomic E-state index is 3.49. The molecule has 1 N–H and O–H groups in total. The van der Waals surface area contributed by atoms with Crippen LogP contribution in [-0.4, -0.2) is 5.75 Å². The van der Waals surface area contributed by atoms with Crippen LogP contribution in [-0.2, 0) is 6.54 Å². The highest BCUT2D eigenvalue weighted by Gasteiger charge is 2.00. The lowest BCUT2D eigenvalue weighted by Crippen LogP contribution is -1.99. The number of para-hydroxylation sites is 1. The van der Waals surface area contributed by atoms with Gasteiger partial charge in [-0.1, -0.05) is 19.1 Å². The van der Waals surface area contributed by atoms with Gasteiger partial charge in [0.1, 0.15) is 0 Å². The van der Waals surface area contributed by atoms with E-state index in [1.807, 2.05) is 11.8 Å². The van der Waals surface area contributed by atoms with Crippen molar-refractivity contribution in [2.24, 2.45) is 0 Å². The van der Waals surface area contributed by atoms with Crippen LogP contribution in [0.3, 0.4) is 0 Å². The molecule has 0 saturated carbocycles. The summed E-state index contributed by atoms with van der Waals surface area (Å²) in [5.74, 6) is 1.11. The first kappa shape index (κ1) is 11.6. The number of thiophene rings is 1. The molecule has 0 saturated heterocycles. The van der Waals surface area contributed by atoms with Gasteiger partial charge in [0.15, 0.2) is 0 Å². The van der Waals surface area contributed by atoms with Gasteiger partial charge in [0, 0.05) is 17.1 Å². The average molecular weight is 249 g/mol. The van der Waals surface area contributed by atoms with Crippen LogP contribution in [0, 0.1) is 0 Å². The molecule has 2 aromatic rings. The molecule has 1 aromatic carbocycles. The van der Waals surface area contributed by atoms with E-state index in [0.29, 0.717) is 0 Å². The molecule has 0 aliphatic heterocycles. The highest BCUT2D eigenvalue weighted by molar-refractivity contribution is 7.99. The topological polar surface area (TPSA) is 12.0 Å². The molecule has 2 rings (SSSR count). The van der Waals surface area contributed by atoms with E-state index in [1.165, 1.54) is 16.1 Å². The summed E-state index contributed by atoms with van der Waals surface area (Å²) in [6, 6.07) is 10.6. The van der Waals surface area contributed by atoms with Crippen molar-refractivity contribution in [3.8, 4) is 0 Å². The van der Waals surface area contributed by atoms with Gasteiger partial charge in [0.2, 0.25) is 0 Å². The number of rotatable bonds is 5. The van der Waals surface area contributed by atoms with Gasteiger partial charge >= 0.3 is 0 Å². The monoisotopic (exact) mass is 249 g/mol. The third-order valence-electron chi connectivity index (χ3n) is 2.25. The van der Waals surface area contributed by atoms with Crippen molar-refractivity contribution in [1.29, 1.82) is 0 Å². The number of anilines is 1. The molecule has 0 aliphatic rings. The molecule has 1 heterocycles. The van der Waals surface area contributed by atoms with Crippen molar-refractivity contribution in [2.75, 3.05) is 11.1 Å². The van der Waals surface area contributed by atoms with Crippen LogP contribution in [0.4, 0.5) is 5.69 Å². The summed E-state index contributed by atoms with van der Waals surface area (Å²) in [6.07, 6.45) is 0. The van der Waals surface area contributed by atoms with E-state index in [1.54, 1.807) is 11.3 Å². The molecule has 0 aliphatic carbocycles. The van der Waals surface area contributed by atoms with Gasteiger partial charge in [0.05, 0.1) is 0 Å². The van der Waals surface area contributed by atoms with Crippen molar-refractivity contribution in [2.45, 2.75) is 18.4 Å². The summed E-state index contributed by atoms with van der Waals surface area (Å²) in [4.78, 5) is 1.33. The van der Waals surface area contributed by atoms with E-state index < -0.39 is 0 Å². The summed E-state index contributed by atoms with van der Waals surface area (Å²) in [5, 5.41) is 7.78. The Morgan fingerprint density at radius 3 is 2.88 bits per heavy atom. The summed E-state index contributed by atoms with van der Waals surface area (Å²) in [5.41, 5.74) is 2.59. The molecule has 1 aromatic heterocycles. The van der Waals surface area contributed by atoms with Crippen LogP contribution >= 0.6 is 23.1 Å². The molecule has 3 heteroatoms. The number of benzene rings is 1. The second-order valence-electron chi connectivity index (χ2n) is 3.41. The van der Waals surface area contributed by atoms with Gasteiger partial charge in [-0.25, -0.2) is 0 Å². The standard InChI is InChI=1S/C13H15NS2/c1-2-16-13-6-4-3-5-12(13)14-9-11-7-8-15-10-11/h3-8,10,14H,2,9H2,1H3. The zero-order valence-electron chi connectivity index (χ0n) is 9.27. The molecule has 1 nitrogen and oxygen atoms in total. The van der Waals surface area contributed by atoms with Crippen molar-refractivity contribution < 1.29 is 0 Å². The minimum atomic E-state index is 0.908. The summed E-state index contributed by atoms with van der Waals surface area (Å²) >= 11 is 3.62. The van der Waals surface area contributed by atoms with Crippen LogP contribution in [0.15, 0.2) is 46.0 Å². The van der Waals surface area contributed by atoms with Gasteiger partial charge in [-0.3, -0.25) is 0 Å². The minimum Gasteiger partial charge on any atom is -0.380 e. The van der Waals surface area contributed by atoms with E-state index in [9.17, 15) is 0 Å². The first-order chi connectivity index (χ1) is 7.90. The zero-order chi connectivity index (χ0) is 11.2. The normalized spacial score (nSPS) is 10.3. The molecule has 0 atom stereocenters. The maximum Gasteiger partial charge on any atom is 0.0481 e. The molecular weight excluding hydrogens is 234 g/mol. The van der Waals surface area contributed by atoms with E-state index in [-0.39, 0.29) is 0 Å². The number of nitrogens with one attached hydrogen (secondary N) is 1. The predicted octanol–water partition coefficient (Wildman–Crippen LogP) is 4.47. The highest BCUT2D eigenvalue weighted by atomic mass is 32.2.